The van der Waals surface area contributed by atoms with E-state index in [1.807, 2.05) is 66.1 Å². The second-order valence-electron chi connectivity index (χ2n) is 7.70. The Morgan fingerprint density at radius 1 is 1.03 bits per heavy atom. The van der Waals surface area contributed by atoms with Crippen molar-refractivity contribution in [3.63, 3.8) is 0 Å². The SMILES string of the molecule is Cc1oc(-c2ccccc2)nc1CSc1nc2ccccc2c(=O)n1C1CCCC1. The molecule has 5 nitrogen and oxygen atoms in total. The molecule has 30 heavy (non-hydrogen) atoms. The number of rotatable bonds is 5. The van der Waals surface area contributed by atoms with Crippen LogP contribution in [0.4, 0.5) is 0 Å². The summed E-state index contributed by atoms with van der Waals surface area (Å²) in [5.74, 6) is 2.04. The minimum Gasteiger partial charge on any atom is -0.441 e. The fourth-order valence-corrected chi connectivity index (χ4v) is 5.18. The van der Waals surface area contributed by atoms with Gasteiger partial charge in [-0.3, -0.25) is 9.36 Å². The molecule has 2 aromatic heterocycles. The Balaban J connectivity index is 1.49. The summed E-state index contributed by atoms with van der Waals surface area (Å²) < 4.78 is 7.82. The van der Waals surface area contributed by atoms with Gasteiger partial charge in [0, 0.05) is 17.4 Å². The Kier molecular flexibility index (Phi) is 5.17. The van der Waals surface area contributed by atoms with Gasteiger partial charge in [-0.1, -0.05) is 54.9 Å². The minimum atomic E-state index is 0.0665. The van der Waals surface area contributed by atoms with Crippen LogP contribution < -0.4 is 5.56 Å². The first-order chi connectivity index (χ1) is 14.7. The fourth-order valence-electron chi connectivity index (χ4n) is 4.11. The third-order valence-corrected chi connectivity index (χ3v) is 6.68. The molecule has 1 aliphatic rings. The lowest BCUT2D eigenvalue weighted by Crippen LogP contribution is -2.26. The van der Waals surface area contributed by atoms with Crippen molar-refractivity contribution >= 4 is 22.7 Å². The van der Waals surface area contributed by atoms with Crippen molar-refractivity contribution in [1.29, 1.82) is 0 Å². The van der Waals surface area contributed by atoms with E-state index in [1.54, 1.807) is 11.8 Å². The Morgan fingerprint density at radius 2 is 1.77 bits per heavy atom. The summed E-state index contributed by atoms with van der Waals surface area (Å²) in [7, 11) is 0. The summed E-state index contributed by atoms with van der Waals surface area (Å²) in [5, 5.41) is 1.46. The van der Waals surface area contributed by atoms with Gasteiger partial charge in [0.1, 0.15) is 5.76 Å². The molecule has 0 N–H and O–H groups in total. The van der Waals surface area contributed by atoms with Crippen LogP contribution in [0.15, 0.2) is 69.0 Å². The number of fused-ring (bicyclic) bond motifs is 1. The van der Waals surface area contributed by atoms with Crippen molar-refractivity contribution in [3.8, 4) is 11.5 Å². The van der Waals surface area contributed by atoms with Crippen LogP contribution in [0.1, 0.15) is 43.2 Å². The maximum absolute atomic E-state index is 13.3. The number of nitrogens with zero attached hydrogens (tertiary/aromatic N) is 3. The topological polar surface area (TPSA) is 60.9 Å². The van der Waals surface area contributed by atoms with Crippen LogP contribution in [0.25, 0.3) is 22.4 Å². The van der Waals surface area contributed by atoms with Crippen LogP contribution in [0, 0.1) is 6.92 Å². The highest BCUT2D eigenvalue weighted by Crippen LogP contribution is 2.33. The number of benzene rings is 2. The number of aromatic nitrogens is 3. The van der Waals surface area contributed by atoms with Crippen LogP contribution in [-0.2, 0) is 5.75 Å². The average Bonchev–Trinajstić information content (AvgIpc) is 3.43. The predicted molar refractivity (Wildman–Crippen MR) is 120 cm³/mol. The summed E-state index contributed by atoms with van der Waals surface area (Å²) in [6, 6.07) is 17.8. The van der Waals surface area contributed by atoms with E-state index in [0.29, 0.717) is 17.0 Å². The lowest BCUT2D eigenvalue weighted by molar-refractivity contribution is 0.457. The van der Waals surface area contributed by atoms with E-state index >= 15 is 0 Å². The summed E-state index contributed by atoms with van der Waals surface area (Å²) in [6.07, 6.45) is 4.40. The summed E-state index contributed by atoms with van der Waals surface area (Å²) >= 11 is 1.57. The minimum absolute atomic E-state index is 0.0665. The molecule has 2 heterocycles. The van der Waals surface area contributed by atoms with Gasteiger partial charge in [-0.2, -0.15) is 0 Å². The zero-order valence-electron chi connectivity index (χ0n) is 16.9. The molecule has 2 aromatic carbocycles. The fraction of sp³-hybridized carbons (Fsp3) is 0.292. The maximum atomic E-state index is 13.3. The highest BCUT2D eigenvalue weighted by Gasteiger charge is 2.23. The number of para-hydroxylation sites is 1. The molecule has 4 aromatic rings. The summed E-state index contributed by atoms with van der Waals surface area (Å²) in [6.45, 7) is 1.94. The first kappa shape index (κ1) is 19.1. The highest BCUT2D eigenvalue weighted by atomic mass is 32.2. The standard InChI is InChI=1S/C24H23N3O2S/c1-16-21(25-22(29-16)17-9-3-2-4-10-17)15-30-24-26-20-14-8-7-13-19(20)23(28)27(24)18-11-5-6-12-18/h2-4,7-10,13-14,18H,5-6,11-12,15H2,1H3. The molecule has 152 valence electrons. The first-order valence-electron chi connectivity index (χ1n) is 10.4. The predicted octanol–water partition coefficient (Wildman–Crippen LogP) is 5.77. The van der Waals surface area contributed by atoms with Gasteiger partial charge in [0.2, 0.25) is 5.89 Å². The second kappa shape index (κ2) is 8.11. The van der Waals surface area contributed by atoms with E-state index in [-0.39, 0.29) is 11.6 Å². The molecule has 5 rings (SSSR count). The van der Waals surface area contributed by atoms with E-state index in [9.17, 15) is 4.79 Å². The molecular formula is C24H23N3O2S. The highest BCUT2D eigenvalue weighted by molar-refractivity contribution is 7.98. The van der Waals surface area contributed by atoms with Crippen LogP contribution in [0.5, 0.6) is 0 Å². The van der Waals surface area contributed by atoms with Crippen LogP contribution in [0.3, 0.4) is 0 Å². The lowest BCUT2D eigenvalue weighted by atomic mass is 10.2. The Morgan fingerprint density at radius 3 is 2.57 bits per heavy atom. The molecule has 1 saturated carbocycles. The molecule has 0 spiro atoms. The Hall–Kier alpha value is -2.86. The van der Waals surface area contributed by atoms with Gasteiger partial charge in [-0.05, 0) is 44.0 Å². The van der Waals surface area contributed by atoms with Gasteiger partial charge < -0.3 is 4.42 Å². The molecule has 0 unspecified atom stereocenters. The molecular weight excluding hydrogens is 394 g/mol. The van der Waals surface area contributed by atoms with Crippen LogP contribution in [-0.4, -0.2) is 14.5 Å². The van der Waals surface area contributed by atoms with Gasteiger partial charge in [0.15, 0.2) is 5.16 Å². The Bertz CT molecular complexity index is 1240. The number of aryl methyl sites for hydroxylation is 1. The number of thioether (sulfide) groups is 1. The van der Waals surface area contributed by atoms with E-state index in [4.69, 9.17) is 14.4 Å². The van der Waals surface area contributed by atoms with Crippen molar-refractivity contribution in [3.05, 3.63) is 76.4 Å². The normalized spacial score (nSPS) is 14.6. The van der Waals surface area contributed by atoms with E-state index < -0.39 is 0 Å². The largest absolute Gasteiger partial charge is 0.441 e. The third kappa shape index (κ3) is 3.56. The van der Waals surface area contributed by atoms with E-state index in [0.717, 1.165) is 53.4 Å². The monoisotopic (exact) mass is 417 g/mol. The van der Waals surface area contributed by atoms with Crippen molar-refractivity contribution < 1.29 is 4.42 Å². The molecule has 1 fully saturated rings. The summed E-state index contributed by atoms with van der Waals surface area (Å²) in [5.41, 5.74) is 2.67. The Labute approximate surface area is 179 Å². The van der Waals surface area contributed by atoms with Gasteiger partial charge in [0.05, 0.1) is 16.6 Å². The molecule has 0 amide bonds. The molecule has 0 bridgehead atoms. The van der Waals surface area contributed by atoms with Crippen molar-refractivity contribution in [2.45, 2.75) is 49.6 Å². The van der Waals surface area contributed by atoms with Crippen molar-refractivity contribution in [1.82, 2.24) is 14.5 Å². The average molecular weight is 418 g/mol. The summed E-state index contributed by atoms with van der Waals surface area (Å²) in [4.78, 5) is 22.8. The maximum Gasteiger partial charge on any atom is 0.262 e. The van der Waals surface area contributed by atoms with E-state index in [1.165, 1.54) is 0 Å². The van der Waals surface area contributed by atoms with E-state index in [2.05, 4.69) is 0 Å². The number of hydrogen-bond acceptors (Lipinski definition) is 5. The zero-order valence-corrected chi connectivity index (χ0v) is 17.7. The second-order valence-corrected chi connectivity index (χ2v) is 8.64. The number of hydrogen-bond donors (Lipinski definition) is 0. The molecule has 1 aliphatic carbocycles. The first-order valence-corrected chi connectivity index (χ1v) is 11.3. The molecule has 0 radical (unpaired) electrons. The quantitative estimate of drug-likeness (QED) is 0.305. The molecule has 6 heteroatoms. The lowest BCUT2D eigenvalue weighted by Gasteiger charge is -2.18. The van der Waals surface area contributed by atoms with Gasteiger partial charge in [0.25, 0.3) is 5.56 Å². The zero-order chi connectivity index (χ0) is 20.5. The van der Waals surface area contributed by atoms with Crippen LogP contribution >= 0.6 is 11.8 Å². The molecule has 0 aliphatic heterocycles. The number of oxazole rings is 1. The van der Waals surface area contributed by atoms with Crippen molar-refractivity contribution in [2.24, 2.45) is 0 Å². The van der Waals surface area contributed by atoms with Gasteiger partial charge >= 0.3 is 0 Å². The van der Waals surface area contributed by atoms with Gasteiger partial charge in [-0.15, -0.1) is 0 Å². The van der Waals surface area contributed by atoms with Crippen LogP contribution in [0.2, 0.25) is 0 Å². The van der Waals surface area contributed by atoms with Crippen molar-refractivity contribution in [2.75, 3.05) is 0 Å². The smallest absolute Gasteiger partial charge is 0.262 e. The molecule has 0 atom stereocenters. The third-order valence-electron chi connectivity index (χ3n) is 5.72. The van der Waals surface area contributed by atoms with Gasteiger partial charge in [-0.25, -0.2) is 9.97 Å². The molecule has 0 saturated heterocycles.